The molecule has 1 atom stereocenters. The van der Waals surface area contributed by atoms with Crippen molar-refractivity contribution in [3.8, 4) is 0 Å². The average Bonchev–Trinajstić information content (AvgIpc) is 2.37. The highest BCUT2D eigenvalue weighted by Gasteiger charge is 2.20. The Balaban J connectivity index is 2.25. The third kappa shape index (κ3) is 3.28. The van der Waals surface area contributed by atoms with Crippen molar-refractivity contribution >= 4 is 29.3 Å². The Morgan fingerprint density at radius 1 is 1.11 bits per heavy atom. The SMILES string of the molecule is O=C(O)C(Sc1cccc(Cl)c1)c1ccccc1. The zero-order valence-corrected chi connectivity index (χ0v) is 11.0. The monoisotopic (exact) mass is 278 g/mol. The summed E-state index contributed by atoms with van der Waals surface area (Å²) in [5.41, 5.74) is 0.773. The van der Waals surface area contributed by atoms with Crippen LogP contribution in [0.2, 0.25) is 5.02 Å². The van der Waals surface area contributed by atoms with Gasteiger partial charge in [-0.2, -0.15) is 0 Å². The predicted octanol–water partition coefficient (Wildman–Crippen LogP) is 4.26. The second kappa shape index (κ2) is 5.94. The first-order valence-electron chi connectivity index (χ1n) is 5.37. The maximum Gasteiger partial charge on any atom is 0.321 e. The van der Waals surface area contributed by atoms with Crippen molar-refractivity contribution in [3.05, 3.63) is 65.2 Å². The fraction of sp³-hybridized carbons (Fsp3) is 0.0714. The fourth-order valence-electron chi connectivity index (χ4n) is 1.57. The molecule has 0 bridgehead atoms. The van der Waals surface area contributed by atoms with Gasteiger partial charge in [-0.3, -0.25) is 4.79 Å². The van der Waals surface area contributed by atoms with E-state index in [1.165, 1.54) is 11.8 Å². The number of carboxylic acids is 1. The van der Waals surface area contributed by atoms with Crippen molar-refractivity contribution in [1.29, 1.82) is 0 Å². The lowest BCUT2D eigenvalue weighted by Crippen LogP contribution is -2.07. The molecule has 0 aromatic heterocycles. The number of hydrogen-bond acceptors (Lipinski definition) is 2. The molecule has 0 fully saturated rings. The maximum absolute atomic E-state index is 11.3. The minimum Gasteiger partial charge on any atom is -0.480 e. The lowest BCUT2D eigenvalue weighted by molar-refractivity contribution is -0.136. The lowest BCUT2D eigenvalue weighted by atomic mass is 10.1. The molecule has 0 spiro atoms. The summed E-state index contributed by atoms with van der Waals surface area (Å²) >= 11 is 7.17. The van der Waals surface area contributed by atoms with Gasteiger partial charge in [0.1, 0.15) is 5.25 Å². The summed E-state index contributed by atoms with van der Waals surface area (Å²) in [7, 11) is 0. The van der Waals surface area contributed by atoms with Gasteiger partial charge in [0.15, 0.2) is 0 Å². The van der Waals surface area contributed by atoms with Crippen molar-refractivity contribution in [1.82, 2.24) is 0 Å². The molecular formula is C14H11ClO2S. The zero-order valence-electron chi connectivity index (χ0n) is 9.42. The van der Waals surface area contributed by atoms with Crippen LogP contribution in [0.1, 0.15) is 10.8 Å². The van der Waals surface area contributed by atoms with Crippen molar-refractivity contribution in [2.75, 3.05) is 0 Å². The van der Waals surface area contributed by atoms with Crippen LogP contribution in [0.3, 0.4) is 0 Å². The van der Waals surface area contributed by atoms with E-state index in [1.54, 1.807) is 12.1 Å². The number of carbonyl (C=O) groups is 1. The van der Waals surface area contributed by atoms with E-state index in [0.717, 1.165) is 10.5 Å². The first kappa shape index (κ1) is 13.0. The van der Waals surface area contributed by atoms with Crippen LogP contribution in [-0.2, 0) is 4.79 Å². The maximum atomic E-state index is 11.3. The fourth-order valence-corrected chi connectivity index (χ4v) is 2.84. The van der Waals surface area contributed by atoms with Gasteiger partial charge in [0, 0.05) is 9.92 Å². The summed E-state index contributed by atoms with van der Waals surface area (Å²) in [5, 5.41) is 9.29. The highest BCUT2D eigenvalue weighted by atomic mass is 35.5. The van der Waals surface area contributed by atoms with Gasteiger partial charge >= 0.3 is 5.97 Å². The summed E-state index contributed by atoms with van der Waals surface area (Å²) in [4.78, 5) is 12.2. The number of benzene rings is 2. The molecule has 0 heterocycles. The largest absolute Gasteiger partial charge is 0.480 e. The van der Waals surface area contributed by atoms with Gasteiger partial charge in [0.05, 0.1) is 0 Å². The third-order valence-electron chi connectivity index (χ3n) is 2.38. The predicted molar refractivity (Wildman–Crippen MR) is 74.1 cm³/mol. The van der Waals surface area contributed by atoms with Gasteiger partial charge in [-0.05, 0) is 23.8 Å². The van der Waals surface area contributed by atoms with E-state index in [9.17, 15) is 9.90 Å². The summed E-state index contributed by atoms with van der Waals surface area (Å²) in [6, 6.07) is 16.4. The molecule has 2 aromatic carbocycles. The quantitative estimate of drug-likeness (QED) is 0.849. The van der Waals surface area contributed by atoms with Crippen molar-refractivity contribution < 1.29 is 9.90 Å². The van der Waals surface area contributed by atoms with Gasteiger partial charge in [-0.1, -0.05) is 48.0 Å². The van der Waals surface area contributed by atoms with Crippen LogP contribution in [-0.4, -0.2) is 11.1 Å². The molecule has 2 nitrogen and oxygen atoms in total. The smallest absolute Gasteiger partial charge is 0.321 e. The van der Waals surface area contributed by atoms with Crippen molar-refractivity contribution in [2.24, 2.45) is 0 Å². The molecule has 0 amide bonds. The molecule has 0 aliphatic rings. The van der Waals surface area contributed by atoms with E-state index >= 15 is 0 Å². The third-order valence-corrected chi connectivity index (χ3v) is 3.85. The van der Waals surface area contributed by atoms with E-state index in [4.69, 9.17) is 11.6 Å². The van der Waals surface area contributed by atoms with E-state index in [2.05, 4.69) is 0 Å². The normalized spacial score (nSPS) is 12.1. The molecule has 1 N–H and O–H groups in total. The average molecular weight is 279 g/mol. The Morgan fingerprint density at radius 2 is 1.83 bits per heavy atom. The van der Waals surface area contributed by atoms with E-state index in [1.807, 2.05) is 42.5 Å². The molecule has 2 aromatic rings. The number of halogens is 1. The molecule has 0 aliphatic heterocycles. The molecule has 0 saturated carbocycles. The number of aliphatic carboxylic acids is 1. The zero-order chi connectivity index (χ0) is 13.0. The van der Waals surface area contributed by atoms with Crippen molar-refractivity contribution in [3.63, 3.8) is 0 Å². The van der Waals surface area contributed by atoms with E-state index < -0.39 is 11.2 Å². The second-order valence-corrected chi connectivity index (χ2v) is 5.32. The Labute approximate surface area is 115 Å². The van der Waals surface area contributed by atoms with Crippen LogP contribution in [0, 0.1) is 0 Å². The molecule has 18 heavy (non-hydrogen) atoms. The molecule has 4 heteroatoms. The van der Waals surface area contributed by atoms with E-state index in [-0.39, 0.29) is 0 Å². The van der Waals surface area contributed by atoms with Gasteiger partial charge in [-0.25, -0.2) is 0 Å². The van der Waals surface area contributed by atoms with Crippen LogP contribution in [0.4, 0.5) is 0 Å². The van der Waals surface area contributed by atoms with Gasteiger partial charge in [-0.15, -0.1) is 11.8 Å². The van der Waals surface area contributed by atoms with Crippen LogP contribution >= 0.6 is 23.4 Å². The first-order chi connectivity index (χ1) is 8.66. The Hall–Kier alpha value is -1.45. The first-order valence-corrected chi connectivity index (χ1v) is 6.62. The minimum atomic E-state index is -0.855. The molecule has 0 radical (unpaired) electrons. The number of hydrogen-bond donors (Lipinski definition) is 1. The molecule has 0 saturated heterocycles. The van der Waals surface area contributed by atoms with Gasteiger partial charge in [0.2, 0.25) is 0 Å². The molecular weight excluding hydrogens is 268 g/mol. The van der Waals surface area contributed by atoms with Crippen LogP contribution in [0.5, 0.6) is 0 Å². The molecule has 92 valence electrons. The lowest BCUT2D eigenvalue weighted by Gasteiger charge is -2.12. The summed E-state index contributed by atoms with van der Waals surface area (Å²) in [5.74, 6) is -0.855. The number of rotatable bonds is 4. The molecule has 1 unspecified atom stereocenters. The molecule has 2 rings (SSSR count). The number of carboxylic acid groups (broad SMARTS) is 1. The Morgan fingerprint density at radius 3 is 2.44 bits per heavy atom. The van der Waals surface area contributed by atoms with Crippen LogP contribution in [0.25, 0.3) is 0 Å². The standard InChI is InChI=1S/C14H11ClO2S/c15-11-7-4-8-12(9-11)18-13(14(16)17)10-5-2-1-3-6-10/h1-9,13H,(H,16,17). The molecule has 0 aliphatic carbocycles. The highest BCUT2D eigenvalue weighted by Crippen LogP contribution is 2.36. The Bertz CT molecular complexity index is 543. The van der Waals surface area contributed by atoms with Gasteiger partial charge < -0.3 is 5.11 Å². The second-order valence-electron chi connectivity index (χ2n) is 3.70. The Kier molecular flexibility index (Phi) is 4.28. The summed E-state index contributed by atoms with van der Waals surface area (Å²) in [6.07, 6.45) is 0. The summed E-state index contributed by atoms with van der Waals surface area (Å²) in [6.45, 7) is 0. The highest BCUT2D eigenvalue weighted by molar-refractivity contribution is 8.00. The summed E-state index contributed by atoms with van der Waals surface area (Å²) < 4.78 is 0. The van der Waals surface area contributed by atoms with Gasteiger partial charge in [0.25, 0.3) is 0 Å². The van der Waals surface area contributed by atoms with Crippen molar-refractivity contribution in [2.45, 2.75) is 10.1 Å². The van der Waals surface area contributed by atoms with Crippen LogP contribution < -0.4 is 0 Å². The van der Waals surface area contributed by atoms with E-state index in [0.29, 0.717) is 5.02 Å². The van der Waals surface area contributed by atoms with Crippen LogP contribution in [0.15, 0.2) is 59.5 Å². The topological polar surface area (TPSA) is 37.3 Å². The minimum absolute atomic E-state index is 0.609. The number of thioether (sulfide) groups is 1.